The summed E-state index contributed by atoms with van der Waals surface area (Å²) in [6, 6.07) is 5.29. The third kappa shape index (κ3) is 2.78. The molecule has 1 aliphatic rings. The van der Waals surface area contributed by atoms with E-state index < -0.39 is 0 Å². The highest BCUT2D eigenvalue weighted by Crippen LogP contribution is 2.29. The van der Waals surface area contributed by atoms with Gasteiger partial charge in [0.05, 0.1) is 26.4 Å². The van der Waals surface area contributed by atoms with Gasteiger partial charge >= 0.3 is 0 Å². The Kier molecular flexibility index (Phi) is 4.86. The summed E-state index contributed by atoms with van der Waals surface area (Å²) in [7, 11) is 1.60. The van der Waals surface area contributed by atoms with Crippen LogP contribution < -0.4 is 10.1 Å². The number of ether oxygens (including phenoxy) is 2. The van der Waals surface area contributed by atoms with Crippen molar-refractivity contribution in [2.45, 2.75) is 6.04 Å². The molecule has 0 bridgehead atoms. The average Bonchev–Trinajstić information content (AvgIpc) is 2.30. The Hall–Kier alpha value is -0.970. The van der Waals surface area contributed by atoms with Crippen LogP contribution in [0.1, 0.15) is 11.6 Å². The zero-order valence-electron chi connectivity index (χ0n) is 9.10. The van der Waals surface area contributed by atoms with Crippen molar-refractivity contribution in [2.75, 3.05) is 26.9 Å². The standard InChI is InChI=1S/C11H15NO3.ClH/c1-14-11-6-8(13)2-3-9(11)10-7-15-5-4-12-10;/h2-3,6,10,12-13H,4-5,7H2,1H3;1H/t10-;/m1./s1. The van der Waals surface area contributed by atoms with E-state index in [1.807, 2.05) is 6.07 Å². The second kappa shape index (κ2) is 5.94. The Morgan fingerprint density at radius 2 is 2.31 bits per heavy atom. The van der Waals surface area contributed by atoms with Crippen molar-refractivity contribution in [1.82, 2.24) is 5.32 Å². The highest BCUT2D eigenvalue weighted by atomic mass is 35.5. The summed E-state index contributed by atoms with van der Waals surface area (Å²) in [5.41, 5.74) is 1.02. The largest absolute Gasteiger partial charge is 0.508 e. The molecule has 90 valence electrons. The van der Waals surface area contributed by atoms with Gasteiger partial charge in [-0.25, -0.2) is 0 Å². The molecule has 5 heteroatoms. The highest BCUT2D eigenvalue weighted by Gasteiger charge is 2.18. The third-order valence-electron chi connectivity index (χ3n) is 2.51. The van der Waals surface area contributed by atoms with Crippen LogP contribution in [0.3, 0.4) is 0 Å². The Morgan fingerprint density at radius 3 is 2.94 bits per heavy atom. The van der Waals surface area contributed by atoms with Gasteiger partial charge in [0.25, 0.3) is 0 Å². The molecule has 2 rings (SSSR count). The van der Waals surface area contributed by atoms with Crippen molar-refractivity contribution < 1.29 is 14.6 Å². The van der Waals surface area contributed by atoms with Crippen LogP contribution in [0, 0.1) is 0 Å². The summed E-state index contributed by atoms with van der Waals surface area (Å²) in [4.78, 5) is 0. The lowest BCUT2D eigenvalue weighted by Crippen LogP contribution is -2.34. The normalized spacial score (nSPS) is 19.9. The number of hydrogen-bond acceptors (Lipinski definition) is 4. The Morgan fingerprint density at radius 1 is 1.50 bits per heavy atom. The summed E-state index contributed by atoms with van der Waals surface area (Å²) in [6.07, 6.45) is 0. The predicted molar refractivity (Wildman–Crippen MR) is 63.5 cm³/mol. The third-order valence-corrected chi connectivity index (χ3v) is 2.51. The number of phenols is 1. The van der Waals surface area contributed by atoms with Gasteiger partial charge in [0.1, 0.15) is 11.5 Å². The van der Waals surface area contributed by atoms with E-state index in [1.54, 1.807) is 19.2 Å². The Balaban J connectivity index is 0.00000128. The van der Waals surface area contributed by atoms with Crippen LogP contribution in [-0.2, 0) is 4.74 Å². The zero-order chi connectivity index (χ0) is 10.7. The smallest absolute Gasteiger partial charge is 0.127 e. The van der Waals surface area contributed by atoms with Crippen LogP contribution in [0.4, 0.5) is 0 Å². The maximum Gasteiger partial charge on any atom is 0.127 e. The number of morpholine rings is 1. The summed E-state index contributed by atoms with van der Waals surface area (Å²) in [5, 5.41) is 12.7. The van der Waals surface area contributed by atoms with Gasteiger partial charge in [-0.05, 0) is 12.1 Å². The maximum absolute atomic E-state index is 9.34. The van der Waals surface area contributed by atoms with Gasteiger partial charge in [-0.2, -0.15) is 0 Å². The zero-order valence-corrected chi connectivity index (χ0v) is 9.92. The van der Waals surface area contributed by atoms with Gasteiger partial charge in [0.15, 0.2) is 0 Å². The maximum atomic E-state index is 9.34. The first-order valence-electron chi connectivity index (χ1n) is 4.99. The summed E-state index contributed by atoms with van der Waals surface area (Å²) in [5.74, 6) is 0.908. The molecular weight excluding hydrogens is 230 g/mol. The lowest BCUT2D eigenvalue weighted by molar-refractivity contribution is 0.0760. The second-order valence-electron chi connectivity index (χ2n) is 3.51. The van der Waals surface area contributed by atoms with E-state index in [-0.39, 0.29) is 24.2 Å². The van der Waals surface area contributed by atoms with Crippen molar-refractivity contribution in [2.24, 2.45) is 0 Å². The summed E-state index contributed by atoms with van der Waals surface area (Å²) < 4.78 is 10.6. The van der Waals surface area contributed by atoms with Crippen LogP contribution in [0.2, 0.25) is 0 Å². The molecule has 16 heavy (non-hydrogen) atoms. The van der Waals surface area contributed by atoms with E-state index in [1.165, 1.54) is 0 Å². The number of phenolic OH excluding ortho intramolecular Hbond substituents is 1. The van der Waals surface area contributed by atoms with Gasteiger partial charge in [-0.1, -0.05) is 0 Å². The van der Waals surface area contributed by atoms with Gasteiger partial charge in [0.2, 0.25) is 0 Å². The average molecular weight is 246 g/mol. The highest BCUT2D eigenvalue weighted by molar-refractivity contribution is 5.85. The molecule has 1 fully saturated rings. The van der Waals surface area contributed by atoms with Crippen molar-refractivity contribution >= 4 is 12.4 Å². The monoisotopic (exact) mass is 245 g/mol. The molecular formula is C11H16ClNO3. The molecule has 1 aromatic carbocycles. The van der Waals surface area contributed by atoms with Crippen molar-refractivity contribution in [3.8, 4) is 11.5 Å². The molecule has 4 nitrogen and oxygen atoms in total. The molecule has 1 saturated heterocycles. The minimum absolute atomic E-state index is 0. The molecule has 0 spiro atoms. The molecule has 0 radical (unpaired) electrons. The van der Waals surface area contributed by atoms with E-state index in [4.69, 9.17) is 9.47 Å². The Bertz CT molecular complexity index is 340. The number of hydrogen-bond donors (Lipinski definition) is 2. The molecule has 1 aromatic rings. The fourth-order valence-corrected chi connectivity index (χ4v) is 1.75. The molecule has 0 unspecified atom stereocenters. The van der Waals surface area contributed by atoms with Crippen LogP contribution >= 0.6 is 12.4 Å². The summed E-state index contributed by atoms with van der Waals surface area (Å²) in [6.45, 7) is 2.23. The lowest BCUT2D eigenvalue weighted by Gasteiger charge is -2.25. The molecule has 2 N–H and O–H groups in total. The number of nitrogens with one attached hydrogen (secondary N) is 1. The molecule has 0 aromatic heterocycles. The van der Waals surface area contributed by atoms with E-state index >= 15 is 0 Å². The van der Waals surface area contributed by atoms with Gasteiger partial charge in [-0.3, -0.25) is 0 Å². The predicted octanol–water partition coefficient (Wildman–Crippen LogP) is 1.48. The molecule has 1 atom stereocenters. The first-order chi connectivity index (χ1) is 7.31. The topological polar surface area (TPSA) is 50.7 Å². The van der Waals surface area contributed by atoms with Crippen molar-refractivity contribution in [3.05, 3.63) is 23.8 Å². The van der Waals surface area contributed by atoms with Gasteiger partial charge in [0, 0.05) is 18.2 Å². The number of aromatic hydroxyl groups is 1. The molecule has 0 aliphatic carbocycles. The molecule has 1 aliphatic heterocycles. The lowest BCUT2D eigenvalue weighted by atomic mass is 10.1. The number of benzene rings is 1. The van der Waals surface area contributed by atoms with E-state index in [9.17, 15) is 5.11 Å². The fraction of sp³-hybridized carbons (Fsp3) is 0.455. The number of rotatable bonds is 2. The number of methoxy groups -OCH3 is 1. The van der Waals surface area contributed by atoms with Crippen LogP contribution in [0.5, 0.6) is 11.5 Å². The first kappa shape index (κ1) is 13.1. The number of halogens is 1. The van der Waals surface area contributed by atoms with Crippen LogP contribution in [0.15, 0.2) is 18.2 Å². The second-order valence-corrected chi connectivity index (χ2v) is 3.51. The molecule has 0 amide bonds. The van der Waals surface area contributed by atoms with Crippen molar-refractivity contribution in [3.63, 3.8) is 0 Å². The van der Waals surface area contributed by atoms with E-state index in [2.05, 4.69) is 5.32 Å². The fourth-order valence-electron chi connectivity index (χ4n) is 1.75. The minimum Gasteiger partial charge on any atom is -0.508 e. The quantitative estimate of drug-likeness (QED) is 0.829. The van der Waals surface area contributed by atoms with E-state index in [0.717, 1.165) is 18.7 Å². The first-order valence-corrected chi connectivity index (χ1v) is 4.99. The minimum atomic E-state index is 0. The van der Waals surface area contributed by atoms with E-state index in [0.29, 0.717) is 12.4 Å². The van der Waals surface area contributed by atoms with Crippen molar-refractivity contribution in [1.29, 1.82) is 0 Å². The van der Waals surface area contributed by atoms with Gasteiger partial charge in [-0.15, -0.1) is 12.4 Å². The van der Waals surface area contributed by atoms with Crippen LogP contribution in [-0.4, -0.2) is 32.0 Å². The molecule has 0 saturated carbocycles. The van der Waals surface area contributed by atoms with Gasteiger partial charge < -0.3 is 19.9 Å². The summed E-state index contributed by atoms with van der Waals surface area (Å²) >= 11 is 0. The SMILES string of the molecule is COc1cc(O)ccc1[C@H]1COCCN1.Cl. The van der Waals surface area contributed by atoms with Crippen LogP contribution in [0.25, 0.3) is 0 Å². The Labute approximate surface area is 101 Å². The molecule has 1 heterocycles.